The SMILES string of the molecule is COC(=O)C=Cc1ccc(O)c(CNNc2ccccc2)c1. The van der Waals surface area contributed by atoms with Gasteiger partial charge in [0.15, 0.2) is 0 Å². The van der Waals surface area contributed by atoms with Gasteiger partial charge < -0.3 is 15.3 Å². The number of hydrogen-bond donors (Lipinski definition) is 3. The van der Waals surface area contributed by atoms with Crippen LogP contribution in [0.25, 0.3) is 6.08 Å². The number of carbonyl (C=O) groups excluding carboxylic acids is 1. The van der Waals surface area contributed by atoms with Crippen molar-refractivity contribution in [2.75, 3.05) is 12.5 Å². The Morgan fingerprint density at radius 2 is 2.00 bits per heavy atom. The van der Waals surface area contributed by atoms with Gasteiger partial charge in [-0.15, -0.1) is 0 Å². The summed E-state index contributed by atoms with van der Waals surface area (Å²) in [5.74, 6) is -0.226. The second-order valence-electron chi connectivity index (χ2n) is 4.59. The smallest absolute Gasteiger partial charge is 0.330 e. The van der Waals surface area contributed by atoms with E-state index in [1.165, 1.54) is 13.2 Å². The number of rotatable bonds is 6. The monoisotopic (exact) mass is 298 g/mol. The molecular formula is C17H18N2O3. The molecule has 0 heterocycles. The molecule has 0 fully saturated rings. The quantitative estimate of drug-likeness (QED) is 0.434. The minimum absolute atomic E-state index is 0.192. The Morgan fingerprint density at radius 1 is 1.23 bits per heavy atom. The number of aromatic hydroxyl groups is 1. The lowest BCUT2D eigenvalue weighted by molar-refractivity contribution is -0.134. The largest absolute Gasteiger partial charge is 0.508 e. The fourth-order valence-electron chi connectivity index (χ4n) is 1.85. The molecule has 114 valence electrons. The van der Waals surface area contributed by atoms with Crippen molar-refractivity contribution in [3.63, 3.8) is 0 Å². The molecule has 0 atom stereocenters. The number of benzene rings is 2. The third kappa shape index (κ3) is 4.64. The minimum atomic E-state index is -0.418. The first-order valence-corrected chi connectivity index (χ1v) is 6.81. The zero-order valence-electron chi connectivity index (χ0n) is 12.2. The van der Waals surface area contributed by atoms with Crippen LogP contribution in [0.4, 0.5) is 5.69 Å². The molecule has 0 saturated carbocycles. The maximum atomic E-state index is 11.1. The molecule has 5 heteroatoms. The number of ether oxygens (including phenoxy) is 1. The molecule has 0 bridgehead atoms. The molecule has 0 aliphatic heterocycles. The Balaban J connectivity index is 1.98. The van der Waals surface area contributed by atoms with Crippen LogP contribution in [0.1, 0.15) is 11.1 Å². The van der Waals surface area contributed by atoms with Crippen molar-refractivity contribution >= 4 is 17.7 Å². The first-order chi connectivity index (χ1) is 10.7. The summed E-state index contributed by atoms with van der Waals surface area (Å²) in [6.45, 7) is 0.431. The van der Waals surface area contributed by atoms with E-state index in [9.17, 15) is 9.90 Å². The maximum Gasteiger partial charge on any atom is 0.330 e. The number of hydrogen-bond acceptors (Lipinski definition) is 5. The van der Waals surface area contributed by atoms with E-state index in [1.807, 2.05) is 30.3 Å². The zero-order valence-corrected chi connectivity index (χ0v) is 12.2. The number of phenols is 1. The Kier molecular flexibility index (Phi) is 5.57. The maximum absolute atomic E-state index is 11.1. The van der Waals surface area contributed by atoms with E-state index in [4.69, 9.17) is 0 Å². The van der Waals surface area contributed by atoms with Gasteiger partial charge in [-0.25, -0.2) is 10.2 Å². The van der Waals surface area contributed by atoms with Gasteiger partial charge in [0.1, 0.15) is 5.75 Å². The first-order valence-electron chi connectivity index (χ1n) is 6.81. The van der Waals surface area contributed by atoms with Crippen molar-refractivity contribution in [1.82, 2.24) is 5.43 Å². The molecule has 2 aromatic carbocycles. The number of methoxy groups -OCH3 is 1. The highest BCUT2D eigenvalue weighted by atomic mass is 16.5. The lowest BCUT2D eigenvalue weighted by Gasteiger charge is -2.10. The standard InChI is InChI=1S/C17H18N2O3/c1-22-17(21)10-8-13-7-9-16(20)14(11-13)12-18-19-15-5-3-2-4-6-15/h2-11,18-20H,12H2,1H3. The summed E-state index contributed by atoms with van der Waals surface area (Å²) in [5.41, 5.74) is 8.54. The van der Waals surface area contributed by atoms with E-state index in [-0.39, 0.29) is 5.75 Å². The van der Waals surface area contributed by atoms with Crippen molar-refractivity contribution in [3.8, 4) is 5.75 Å². The van der Waals surface area contributed by atoms with Gasteiger partial charge in [-0.3, -0.25) is 0 Å². The summed E-state index contributed by atoms with van der Waals surface area (Å²) in [5, 5.41) is 9.87. The van der Waals surface area contributed by atoms with Gasteiger partial charge in [0.05, 0.1) is 7.11 Å². The van der Waals surface area contributed by atoms with Crippen molar-refractivity contribution in [2.45, 2.75) is 6.54 Å². The van der Waals surface area contributed by atoms with Gasteiger partial charge in [-0.1, -0.05) is 24.3 Å². The van der Waals surface area contributed by atoms with Crippen molar-refractivity contribution in [2.24, 2.45) is 0 Å². The average Bonchev–Trinajstić information content (AvgIpc) is 2.56. The fraction of sp³-hybridized carbons (Fsp3) is 0.118. The van der Waals surface area contributed by atoms with E-state index < -0.39 is 5.97 Å². The van der Waals surface area contributed by atoms with E-state index in [0.717, 1.165) is 16.8 Å². The summed E-state index contributed by atoms with van der Waals surface area (Å²) in [6.07, 6.45) is 2.98. The van der Waals surface area contributed by atoms with E-state index in [2.05, 4.69) is 15.6 Å². The van der Waals surface area contributed by atoms with Crippen molar-refractivity contribution < 1.29 is 14.6 Å². The molecule has 0 amide bonds. The minimum Gasteiger partial charge on any atom is -0.508 e. The van der Waals surface area contributed by atoms with Crippen LogP contribution in [-0.2, 0) is 16.1 Å². The Labute approximate surface area is 129 Å². The third-order valence-corrected chi connectivity index (χ3v) is 3.00. The summed E-state index contributed by atoms with van der Waals surface area (Å²) < 4.78 is 4.54. The molecule has 3 N–H and O–H groups in total. The molecule has 0 saturated heterocycles. The van der Waals surface area contributed by atoms with Crippen LogP contribution in [0.15, 0.2) is 54.6 Å². The van der Waals surface area contributed by atoms with Gasteiger partial charge >= 0.3 is 5.97 Å². The van der Waals surface area contributed by atoms with Gasteiger partial charge in [0.25, 0.3) is 0 Å². The van der Waals surface area contributed by atoms with Crippen LogP contribution in [0.5, 0.6) is 5.75 Å². The number of phenolic OH excluding ortho intramolecular Hbond substituents is 1. The summed E-state index contributed by atoms with van der Waals surface area (Å²) in [4.78, 5) is 11.1. The molecule has 0 aromatic heterocycles. The molecule has 2 aromatic rings. The Bertz CT molecular complexity index is 654. The highest BCUT2D eigenvalue weighted by molar-refractivity contribution is 5.86. The Morgan fingerprint density at radius 3 is 2.73 bits per heavy atom. The molecule has 0 radical (unpaired) electrons. The molecule has 22 heavy (non-hydrogen) atoms. The lowest BCUT2D eigenvalue weighted by atomic mass is 10.1. The van der Waals surface area contributed by atoms with Crippen LogP contribution in [0.3, 0.4) is 0 Å². The van der Waals surface area contributed by atoms with Gasteiger partial charge in [-0.05, 0) is 35.9 Å². The van der Waals surface area contributed by atoms with Crippen LogP contribution < -0.4 is 10.9 Å². The molecule has 0 spiro atoms. The predicted octanol–water partition coefficient (Wildman–Crippen LogP) is 2.70. The topological polar surface area (TPSA) is 70.6 Å². The summed E-state index contributed by atoms with van der Waals surface area (Å²) in [7, 11) is 1.33. The first kappa shape index (κ1) is 15.6. The lowest BCUT2D eigenvalue weighted by Crippen LogP contribution is -2.20. The number of esters is 1. The van der Waals surface area contributed by atoms with Crippen molar-refractivity contribution in [3.05, 3.63) is 65.7 Å². The van der Waals surface area contributed by atoms with Gasteiger partial charge in [-0.2, -0.15) is 0 Å². The molecule has 0 unspecified atom stereocenters. The summed E-state index contributed by atoms with van der Waals surface area (Å²) in [6, 6.07) is 14.8. The third-order valence-electron chi connectivity index (χ3n) is 3.00. The predicted molar refractivity (Wildman–Crippen MR) is 86.1 cm³/mol. The fourth-order valence-corrected chi connectivity index (χ4v) is 1.85. The van der Waals surface area contributed by atoms with Crippen LogP contribution in [-0.4, -0.2) is 18.2 Å². The van der Waals surface area contributed by atoms with E-state index in [1.54, 1.807) is 24.3 Å². The normalized spacial score (nSPS) is 10.6. The van der Waals surface area contributed by atoms with Gasteiger partial charge in [0, 0.05) is 23.9 Å². The molecule has 0 aliphatic rings. The summed E-state index contributed by atoms with van der Waals surface area (Å²) >= 11 is 0. The second-order valence-corrected chi connectivity index (χ2v) is 4.59. The van der Waals surface area contributed by atoms with Gasteiger partial charge in [0.2, 0.25) is 0 Å². The second kappa shape index (κ2) is 7.85. The van der Waals surface area contributed by atoms with E-state index >= 15 is 0 Å². The average molecular weight is 298 g/mol. The van der Waals surface area contributed by atoms with Crippen molar-refractivity contribution in [1.29, 1.82) is 0 Å². The van der Waals surface area contributed by atoms with E-state index in [0.29, 0.717) is 6.54 Å². The van der Waals surface area contributed by atoms with Crippen LogP contribution in [0, 0.1) is 0 Å². The van der Waals surface area contributed by atoms with Crippen LogP contribution in [0.2, 0.25) is 0 Å². The number of carbonyl (C=O) groups is 1. The molecule has 2 rings (SSSR count). The highest BCUT2D eigenvalue weighted by Gasteiger charge is 2.02. The highest BCUT2D eigenvalue weighted by Crippen LogP contribution is 2.19. The number of anilines is 1. The number of nitrogens with one attached hydrogen (secondary N) is 2. The zero-order chi connectivity index (χ0) is 15.8. The van der Waals surface area contributed by atoms with Crippen LogP contribution >= 0.6 is 0 Å². The molecule has 0 aliphatic carbocycles. The molecule has 5 nitrogen and oxygen atoms in total. The Hall–Kier alpha value is -2.79. The molecular weight excluding hydrogens is 280 g/mol. The number of para-hydroxylation sites is 1. The number of hydrazine groups is 1.